The second-order valence-corrected chi connectivity index (χ2v) is 7.99. The fourth-order valence-corrected chi connectivity index (χ4v) is 3.46. The standard InChI is InChI=1S/C18H30N2O3S/c1-5-8-9-13-20(24(4,22)23)14-17(21)19-18-15(6-2)11-10-12-16(18)7-3/h10-12H,5-9,13-14H2,1-4H3,(H,19,21). The minimum Gasteiger partial charge on any atom is -0.324 e. The molecule has 0 fully saturated rings. The van der Waals surface area contributed by atoms with Crippen LogP contribution in [0.25, 0.3) is 0 Å². The van der Waals surface area contributed by atoms with Crippen molar-refractivity contribution in [3.05, 3.63) is 29.3 Å². The molecule has 0 heterocycles. The molecule has 1 N–H and O–H groups in total. The average molecular weight is 355 g/mol. The number of anilines is 1. The number of aryl methyl sites for hydroxylation is 2. The minimum atomic E-state index is -3.39. The maximum absolute atomic E-state index is 12.4. The van der Waals surface area contributed by atoms with Crippen molar-refractivity contribution < 1.29 is 13.2 Å². The summed E-state index contributed by atoms with van der Waals surface area (Å²) < 4.78 is 25.1. The zero-order valence-electron chi connectivity index (χ0n) is 15.3. The van der Waals surface area contributed by atoms with E-state index in [-0.39, 0.29) is 12.5 Å². The van der Waals surface area contributed by atoms with Gasteiger partial charge in [-0.15, -0.1) is 0 Å². The summed E-state index contributed by atoms with van der Waals surface area (Å²) in [7, 11) is -3.39. The summed E-state index contributed by atoms with van der Waals surface area (Å²) in [5, 5.41) is 2.93. The lowest BCUT2D eigenvalue weighted by Crippen LogP contribution is -2.38. The van der Waals surface area contributed by atoms with E-state index in [1.54, 1.807) is 0 Å². The lowest BCUT2D eigenvalue weighted by Gasteiger charge is -2.20. The molecule has 0 aliphatic heterocycles. The predicted octanol–water partition coefficient (Wildman–Crippen LogP) is 3.20. The summed E-state index contributed by atoms with van der Waals surface area (Å²) >= 11 is 0. The molecule has 1 aromatic rings. The summed E-state index contributed by atoms with van der Waals surface area (Å²) in [4.78, 5) is 12.4. The van der Waals surface area contributed by atoms with Gasteiger partial charge >= 0.3 is 0 Å². The number of nitrogens with zero attached hydrogens (tertiary/aromatic N) is 1. The number of unbranched alkanes of at least 4 members (excludes halogenated alkanes) is 2. The lowest BCUT2D eigenvalue weighted by atomic mass is 10.0. The predicted molar refractivity (Wildman–Crippen MR) is 99.8 cm³/mol. The number of hydrogen-bond donors (Lipinski definition) is 1. The van der Waals surface area contributed by atoms with Crippen LogP contribution in [0.2, 0.25) is 0 Å². The molecule has 0 bridgehead atoms. The molecule has 0 saturated heterocycles. The third-order valence-corrected chi connectivity index (χ3v) is 5.31. The van der Waals surface area contributed by atoms with Gasteiger partial charge in [0.2, 0.25) is 15.9 Å². The Bertz CT molecular complexity index is 619. The number of para-hydroxylation sites is 1. The van der Waals surface area contributed by atoms with Gasteiger partial charge in [0.15, 0.2) is 0 Å². The molecule has 6 heteroatoms. The van der Waals surface area contributed by atoms with Crippen molar-refractivity contribution in [2.75, 3.05) is 24.7 Å². The van der Waals surface area contributed by atoms with Crippen LogP contribution in [0, 0.1) is 0 Å². The molecule has 0 unspecified atom stereocenters. The van der Waals surface area contributed by atoms with Crippen LogP contribution >= 0.6 is 0 Å². The van der Waals surface area contributed by atoms with Crippen molar-refractivity contribution in [2.45, 2.75) is 52.9 Å². The maximum atomic E-state index is 12.4. The second kappa shape index (κ2) is 9.79. The fraction of sp³-hybridized carbons (Fsp3) is 0.611. The molecule has 1 amide bonds. The van der Waals surface area contributed by atoms with E-state index in [4.69, 9.17) is 0 Å². The molecule has 1 rings (SSSR count). The molecule has 0 radical (unpaired) electrons. The van der Waals surface area contributed by atoms with E-state index in [9.17, 15) is 13.2 Å². The molecule has 0 aliphatic carbocycles. The molecule has 24 heavy (non-hydrogen) atoms. The summed E-state index contributed by atoms with van der Waals surface area (Å²) in [5.41, 5.74) is 2.97. The number of benzene rings is 1. The molecule has 0 spiro atoms. The Morgan fingerprint density at radius 1 is 1.08 bits per heavy atom. The van der Waals surface area contributed by atoms with Crippen LogP contribution in [0.5, 0.6) is 0 Å². The largest absolute Gasteiger partial charge is 0.324 e. The SMILES string of the molecule is CCCCCN(CC(=O)Nc1c(CC)cccc1CC)S(C)(=O)=O. The first-order chi connectivity index (χ1) is 11.3. The smallest absolute Gasteiger partial charge is 0.239 e. The quantitative estimate of drug-likeness (QED) is 0.656. The van der Waals surface area contributed by atoms with E-state index in [0.717, 1.165) is 55.2 Å². The van der Waals surface area contributed by atoms with Gasteiger partial charge in [-0.25, -0.2) is 8.42 Å². The van der Waals surface area contributed by atoms with Crippen LogP contribution < -0.4 is 5.32 Å². The number of rotatable bonds is 10. The fourth-order valence-electron chi connectivity index (χ4n) is 2.64. The maximum Gasteiger partial charge on any atom is 0.239 e. The number of hydrogen-bond acceptors (Lipinski definition) is 3. The Labute approximate surface area is 146 Å². The van der Waals surface area contributed by atoms with Gasteiger partial charge in [0.1, 0.15) is 0 Å². The van der Waals surface area contributed by atoms with Gasteiger partial charge in [-0.2, -0.15) is 4.31 Å². The molecule has 5 nitrogen and oxygen atoms in total. The van der Waals surface area contributed by atoms with Crippen molar-refractivity contribution in [1.29, 1.82) is 0 Å². The Morgan fingerprint density at radius 2 is 1.67 bits per heavy atom. The topological polar surface area (TPSA) is 66.5 Å². The zero-order valence-corrected chi connectivity index (χ0v) is 16.1. The molecule has 136 valence electrons. The Hall–Kier alpha value is -1.40. The molecule has 0 aliphatic rings. The van der Waals surface area contributed by atoms with Crippen LogP contribution in [0.1, 0.15) is 51.2 Å². The lowest BCUT2D eigenvalue weighted by molar-refractivity contribution is -0.116. The number of sulfonamides is 1. The van der Waals surface area contributed by atoms with Gasteiger partial charge in [0, 0.05) is 12.2 Å². The normalized spacial score (nSPS) is 11.7. The third-order valence-electron chi connectivity index (χ3n) is 4.06. The van der Waals surface area contributed by atoms with Crippen LogP contribution in [-0.2, 0) is 27.7 Å². The van der Waals surface area contributed by atoms with Crippen molar-refractivity contribution in [1.82, 2.24) is 4.31 Å². The first-order valence-corrected chi connectivity index (χ1v) is 10.5. The van der Waals surface area contributed by atoms with Crippen molar-refractivity contribution in [2.24, 2.45) is 0 Å². The first kappa shape index (κ1) is 20.6. The molecule has 1 aromatic carbocycles. The molecular weight excluding hydrogens is 324 g/mol. The van der Waals surface area contributed by atoms with Crippen LogP contribution in [0.15, 0.2) is 18.2 Å². The second-order valence-electron chi connectivity index (χ2n) is 6.01. The van der Waals surface area contributed by atoms with Crippen LogP contribution in [0.4, 0.5) is 5.69 Å². The van der Waals surface area contributed by atoms with E-state index in [0.29, 0.717) is 6.54 Å². The Morgan fingerprint density at radius 3 is 2.12 bits per heavy atom. The van der Waals surface area contributed by atoms with Gasteiger partial charge in [-0.1, -0.05) is 51.8 Å². The van der Waals surface area contributed by atoms with Crippen molar-refractivity contribution in [3.8, 4) is 0 Å². The highest BCUT2D eigenvalue weighted by Gasteiger charge is 2.20. The average Bonchev–Trinajstić information content (AvgIpc) is 2.53. The molecule has 0 saturated carbocycles. The van der Waals surface area contributed by atoms with Gasteiger partial charge in [-0.05, 0) is 30.4 Å². The van der Waals surface area contributed by atoms with Gasteiger partial charge in [-0.3, -0.25) is 4.79 Å². The van der Waals surface area contributed by atoms with E-state index in [1.807, 2.05) is 32.0 Å². The highest BCUT2D eigenvalue weighted by Crippen LogP contribution is 2.22. The van der Waals surface area contributed by atoms with Crippen molar-refractivity contribution >= 4 is 21.6 Å². The highest BCUT2D eigenvalue weighted by atomic mass is 32.2. The van der Waals surface area contributed by atoms with Crippen LogP contribution in [0.3, 0.4) is 0 Å². The summed E-state index contributed by atoms with van der Waals surface area (Å²) in [5.74, 6) is -0.285. The minimum absolute atomic E-state index is 0.135. The molecule has 0 atom stereocenters. The number of carbonyl (C=O) groups is 1. The monoisotopic (exact) mass is 354 g/mol. The Balaban J connectivity index is 2.86. The van der Waals surface area contributed by atoms with Gasteiger partial charge in [0.05, 0.1) is 12.8 Å². The summed E-state index contributed by atoms with van der Waals surface area (Å²) in [6.07, 6.45) is 5.51. The van der Waals surface area contributed by atoms with Crippen LogP contribution in [-0.4, -0.2) is 38.0 Å². The summed E-state index contributed by atoms with van der Waals surface area (Å²) in [6.45, 7) is 6.39. The Kier molecular flexibility index (Phi) is 8.42. The first-order valence-electron chi connectivity index (χ1n) is 8.69. The third kappa shape index (κ3) is 6.24. The number of carbonyl (C=O) groups excluding carboxylic acids is 1. The zero-order chi connectivity index (χ0) is 18.2. The van der Waals surface area contributed by atoms with Crippen molar-refractivity contribution in [3.63, 3.8) is 0 Å². The highest BCUT2D eigenvalue weighted by molar-refractivity contribution is 7.88. The molecular formula is C18H30N2O3S. The van der Waals surface area contributed by atoms with E-state index in [1.165, 1.54) is 4.31 Å². The number of nitrogens with one attached hydrogen (secondary N) is 1. The van der Waals surface area contributed by atoms with E-state index >= 15 is 0 Å². The van der Waals surface area contributed by atoms with E-state index in [2.05, 4.69) is 12.2 Å². The van der Waals surface area contributed by atoms with Gasteiger partial charge < -0.3 is 5.32 Å². The molecule has 0 aromatic heterocycles. The number of amides is 1. The van der Waals surface area contributed by atoms with Gasteiger partial charge in [0.25, 0.3) is 0 Å². The van der Waals surface area contributed by atoms with E-state index < -0.39 is 10.0 Å². The summed E-state index contributed by atoms with van der Waals surface area (Å²) in [6, 6.07) is 5.97.